The van der Waals surface area contributed by atoms with Crippen LogP contribution in [0.1, 0.15) is 26.3 Å². The molecule has 0 saturated heterocycles. The van der Waals surface area contributed by atoms with Crippen molar-refractivity contribution in [3.05, 3.63) is 59.2 Å². The lowest BCUT2D eigenvalue weighted by molar-refractivity contribution is -0.131. The van der Waals surface area contributed by atoms with Gasteiger partial charge in [0.2, 0.25) is 0 Å². The zero-order chi connectivity index (χ0) is 15.5. The van der Waals surface area contributed by atoms with Crippen molar-refractivity contribution in [1.82, 2.24) is 0 Å². The van der Waals surface area contributed by atoms with Crippen molar-refractivity contribution in [2.45, 2.75) is 20.8 Å². The summed E-state index contributed by atoms with van der Waals surface area (Å²) in [5, 5.41) is 8.75. The van der Waals surface area contributed by atoms with E-state index in [0.29, 0.717) is 12.2 Å². The third-order valence-electron chi connectivity index (χ3n) is 3.48. The second-order valence-electron chi connectivity index (χ2n) is 5.87. The van der Waals surface area contributed by atoms with E-state index in [0.717, 1.165) is 16.9 Å². The molecule has 1 heterocycles. The van der Waals surface area contributed by atoms with E-state index in [1.165, 1.54) is 6.08 Å². The van der Waals surface area contributed by atoms with E-state index in [4.69, 9.17) is 9.84 Å². The van der Waals surface area contributed by atoms with Gasteiger partial charge in [0.15, 0.2) is 0 Å². The van der Waals surface area contributed by atoms with Gasteiger partial charge in [-0.15, -0.1) is 0 Å². The van der Waals surface area contributed by atoms with Crippen LogP contribution in [0.3, 0.4) is 0 Å². The Hall–Kier alpha value is -2.29. The van der Waals surface area contributed by atoms with E-state index in [9.17, 15) is 4.79 Å². The predicted molar refractivity (Wildman–Crippen MR) is 84.2 cm³/mol. The minimum absolute atomic E-state index is 0.140. The summed E-state index contributed by atoms with van der Waals surface area (Å²) in [6.45, 7) is 6.60. The highest BCUT2D eigenvalue weighted by Crippen LogP contribution is 2.36. The molecule has 0 aliphatic carbocycles. The van der Waals surface area contributed by atoms with Gasteiger partial charge < -0.3 is 9.84 Å². The van der Waals surface area contributed by atoms with Gasteiger partial charge in [-0.2, -0.15) is 0 Å². The second-order valence-corrected chi connectivity index (χ2v) is 5.87. The van der Waals surface area contributed by atoms with E-state index in [1.54, 1.807) is 6.92 Å². The fourth-order valence-electron chi connectivity index (χ4n) is 2.17. The highest BCUT2D eigenvalue weighted by Gasteiger charge is 2.25. The lowest BCUT2D eigenvalue weighted by atomic mass is 9.84. The van der Waals surface area contributed by atoms with Gasteiger partial charge >= 0.3 is 5.97 Å². The van der Waals surface area contributed by atoms with Gasteiger partial charge in [-0.25, -0.2) is 4.79 Å². The summed E-state index contributed by atoms with van der Waals surface area (Å²) in [6.07, 6.45) is 7.11. The van der Waals surface area contributed by atoms with Crippen molar-refractivity contribution >= 4 is 12.0 Å². The van der Waals surface area contributed by atoms with Crippen LogP contribution in [0.4, 0.5) is 0 Å². The molecule has 0 saturated carbocycles. The van der Waals surface area contributed by atoms with Crippen LogP contribution in [-0.2, 0) is 4.79 Å². The van der Waals surface area contributed by atoms with E-state index in [1.807, 2.05) is 36.4 Å². The van der Waals surface area contributed by atoms with Crippen LogP contribution in [0.5, 0.6) is 5.75 Å². The molecule has 0 aromatic heterocycles. The Morgan fingerprint density at radius 1 is 1.33 bits per heavy atom. The molecule has 3 nitrogen and oxygen atoms in total. The van der Waals surface area contributed by atoms with Gasteiger partial charge in [0.05, 0.1) is 6.61 Å². The number of carboxylic acids is 1. The molecule has 2 rings (SSSR count). The first-order valence-corrected chi connectivity index (χ1v) is 6.92. The van der Waals surface area contributed by atoms with Gasteiger partial charge in [0.25, 0.3) is 0 Å². The largest absolute Gasteiger partial charge is 0.492 e. The molecule has 0 spiro atoms. The van der Waals surface area contributed by atoms with Gasteiger partial charge in [0.1, 0.15) is 5.75 Å². The maximum absolute atomic E-state index is 10.7. The van der Waals surface area contributed by atoms with Crippen molar-refractivity contribution in [3.63, 3.8) is 0 Å². The zero-order valence-corrected chi connectivity index (χ0v) is 12.6. The third kappa shape index (κ3) is 3.85. The monoisotopic (exact) mass is 284 g/mol. The molecule has 3 heteroatoms. The first-order chi connectivity index (χ1) is 9.88. The number of ether oxygens (including phenoxy) is 1. The molecule has 0 unspecified atom stereocenters. The third-order valence-corrected chi connectivity index (χ3v) is 3.48. The highest BCUT2D eigenvalue weighted by molar-refractivity contribution is 5.81. The van der Waals surface area contributed by atoms with Crippen molar-refractivity contribution in [3.8, 4) is 5.75 Å². The van der Waals surface area contributed by atoms with Crippen LogP contribution in [0.15, 0.2) is 53.6 Å². The van der Waals surface area contributed by atoms with Crippen LogP contribution in [-0.4, -0.2) is 17.7 Å². The lowest BCUT2D eigenvalue weighted by Crippen LogP contribution is -2.21. The van der Waals surface area contributed by atoms with Crippen LogP contribution in [0.2, 0.25) is 0 Å². The van der Waals surface area contributed by atoms with Gasteiger partial charge in [-0.1, -0.05) is 44.2 Å². The summed E-state index contributed by atoms with van der Waals surface area (Å²) in [4.78, 5) is 10.7. The Morgan fingerprint density at radius 2 is 2.05 bits per heavy atom. The first-order valence-electron chi connectivity index (χ1n) is 6.92. The number of hydrogen-bond acceptors (Lipinski definition) is 2. The van der Waals surface area contributed by atoms with E-state index < -0.39 is 5.97 Å². The molecule has 0 radical (unpaired) electrons. The number of fused-ring (bicyclic) bond motifs is 1. The number of allylic oxidation sites excluding steroid dienone is 3. The average Bonchev–Trinajstić information content (AvgIpc) is 2.53. The molecule has 0 fully saturated rings. The molecule has 110 valence electrons. The molecular weight excluding hydrogens is 264 g/mol. The summed E-state index contributed by atoms with van der Waals surface area (Å²) >= 11 is 0. The lowest BCUT2D eigenvalue weighted by Gasteiger charge is -2.24. The molecule has 0 amide bonds. The number of hydrogen-bond donors (Lipinski definition) is 1. The van der Waals surface area contributed by atoms with Crippen LogP contribution in [0, 0.1) is 5.41 Å². The fraction of sp³-hybridized carbons (Fsp3) is 0.278. The number of aliphatic carboxylic acids is 1. The minimum Gasteiger partial charge on any atom is -0.492 e. The number of carboxylic acid groups (broad SMARTS) is 1. The second kappa shape index (κ2) is 6.00. The maximum atomic E-state index is 10.7. The normalized spacial score (nSPS) is 17.7. The van der Waals surface area contributed by atoms with Crippen molar-refractivity contribution in [1.29, 1.82) is 0 Å². The van der Waals surface area contributed by atoms with Crippen LogP contribution >= 0.6 is 0 Å². The first kappa shape index (κ1) is 15.1. The summed E-state index contributed by atoms with van der Waals surface area (Å²) < 4.78 is 5.87. The molecule has 0 atom stereocenters. The molecule has 1 aliphatic heterocycles. The van der Waals surface area contributed by atoms with E-state index >= 15 is 0 Å². The van der Waals surface area contributed by atoms with E-state index in [-0.39, 0.29) is 5.41 Å². The molecule has 1 aromatic rings. The summed E-state index contributed by atoms with van der Waals surface area (Å²) in [7, 11) is 0. The summed E-state index contributed by atoms with van der Waals surface area (Å²) in [6, 6.07) is 7.92. The average molecular weight is 284 g/mol. The Labute approximate surface area is 125 Å². The predicted octanol–water partition coefficient (Wildman–Crippen LogP) is 4.08. The van der Waals surface area contributed by atoms with Crippen LogP contribution < -0.4 is 4.74 Å². The smallest absolute Gasteiger partial charge is 0.328 e. The summed E-state index contributed by atoms with van der Waals surface area (Å²) in [5.74, 6) is -0.0493. The van der Waals surface area contributed by atoms with Crippen LogP contribution in [0.25, 0.3) is 6.08 Å². The molecule has 1 aliphatic rings. The van der Waals surface area contributed by atoms with Crippen molar-refractivity contribution in [2.75, 3.05) is 6.61 Å². The Bertz CT molecular complexity index is 634. The zero-order valence-electron chi connectivity index (χ0n) is 12.6. The Morgan fingerprint density at radius 3 is 2.76 bits per heavy atom. The minimum atomic E-state index is -0.931. The Kier molecular flexibility index (Phi) is 4.32. The summed E-state index contributed by atoms with van der Waals surface area (Å²) in [5.41, 5.74) is 2.73. The standard InChI is InChI=1S/C18H20O3/c1-13(10-17(19)20)8-9-15-11-14-6-4-5-7-16(14)21-12-18(15,2)3/h4-11H,12H2,1-3H3,(H,19,20)/b9-8+,13-10-. The molecule has 1 N–H and O–H groups in total. The number of benzene rings is 1. The number of carbonyl (C=O) groups is 1. The molecule has 1 aromatic carbocycles. The van der Waals surface area contributed by atoms with Gasteiger partial charge in [-0.05, 0) is 30.2 Å². The fourth-order valence-corrected chi connectivity index (χ4v) is 2.17. The maximum Gasteiger partial charge on any atom is 0.328 e. The molecule has 0 bridgehead atoms. The number of para-hydroxylation sites is 1. The van der Waals surface area contributed by atoms with Gasteiger partial charge in [-0.3, -0.25) is 0 Å². The van der Waals surface area contributed by atoms with E-state index in [2.05, 4.69) is 19.9 Å². The Balaban J connectivity index is 2.37. The highest BCUT2D eigenvalue weighted by atomic mass is 16.5. The number of rotatable bonds is 3. The van der Waals surface area contributed by atoms with Gasteiger partial charge in [0, 0.05) is 17.1 Å². The molecular formula is C18H20O3. The quantitative estimate of drug-likeness (QED) is 0.672. The van der Waals surface area contributed by atoms with Crippen molar-refractivity contribution < 1.29 is 14.6 Å². The molecule has 21 heavy (non-hydrogen) atoms. The van der Waals surface area contributed by atoms with Crippen molar-refractivity contribution in [2.24, 2.45) is 5.41 Å². The topological polar surface area (TPSA) is 46.5 Å². The SMILES string of the molecule is CC(=C/C(=O)O)/C=C/C1=Cc2ccccc2OCC1(C)C.